The highest BCUT2D eigenvalue weighted by atomic mass is 19.1. The highest BCUT2D eigenvalue weighted by Crippen LogP contribution is 2.44. The molecule has 1 aliphatic heterocycles. The second kappa shape index (κ2) is 9.58. The van der Waals surface area contributed by atoms with Gasteiger partial charge in [0.2, 0.25) is 0 Å². The number of ether oxygens (including phenoxy) is 1. The molecule has 1 aromatic heterocycles. The van der Waals surface area contributed by atoms with Crippen molar-refractivity contribution in [2.45, 2.75) is 32.7 Å². The largest absolute Gasteiger partial charge is 0.507 e. The zero-order chi connectivity index (χ0) is 26.3. The van der Waals surface area contributed by atoms with Gasteiger partial charge in [0.05, 0.1) is 18.2 Å². The topological polar surface area (TPSA) is 82.6 Å². The molecule has 188 valence electrons. The van der Waals surface area contributed by atoms with Gasteiger partial charge >= 0.3 is 0 Å². The zero-order valence-electron chi connectivity index (χ0n) is 20.8. The molecule has 1 atom stereocenters. The lowest BCUT2D eigenvalue weighted by atomic mass is 9.93. The van der Waals surface area contributed by atoms with Crippen molar-refractivity contribution in [1.82, 2.24) is 4.98 Å². The number of anilines is 1. The van der Waals surface area contributed by atoms with E-state index in [1.807, 2.05) is 45.0 Å². The van der Waals surface area contributed by atoms with Crippen molar-refractivity contribution in [3.63, 3.8) is 0 Å². The van der Waals surface area contributed by atoms with Crippen LogP contribution in [-0.4, -0.2) is 28.4 Å². The minimum Gasteiger partial charge on any atom is -0.507 e. The first-order chi connectivity index (χ1) is 17.8. The molecule has 5 rings (SSSR count). The summed E-state index contributed by atoms with van der Waals surface area (Å²) in [5.74, 6) is -1.71. The van der Waals surface area contributed by atoms with Gasteiger partial charge in [-0.15, -0.1) is 0 Å². The lowest BCUT2D eigenvalue weighted by Crippen LogP contribution is -2.29. The Morgan fingerprint density at radius 2 is 1.86 bits per heavy atom. The first-order valence-electron chi connectivity index (χ1n) is 12.2. The van der Waals surface area contributed by atoms with Gasteiger partial charge in [0.15, 0.2) is 0 Å². The number of hydrogen-bond acceptors (Lipinski definition) is 4. The van der Waals surface area contributed by atoms with E-state index in [-0.39, 0.29) is 22.9 Å². The third-order valence-corrected chi connectivity index (χ3v) is 6.65. The summed E-state index contributed by atoms with van der Waals surface area (Å²) in [4.78, 5) is 31.3. The average Bonchev–Trinajstić information content (AvgIpc) is 3.42. The number of fused-ring (bicyclic) bond motifs is 1. The van der Waals surface area contributed by atoms with Gasteiger partial charge in [-0.1, -0.05) is 38.1 Å². The normalized spacial score (nSPS) is 17.2. The molecule has 0 aliphatic carbocycles. The van der Waals surface area contributed by atoms with E-state index in [1.165, 1.54) is 23.1 Å². The molecule has 0 spiro atoms. The smallest absolute Gasteiger partial charge is 0.300 e. The van der Waals surface area contributed by atoms with E-state index in [1.54, 1.807) is 30.5 Å². The van der Waals surface area contributed by atoms with Crippen molar-refractivity contribution < 1.29 is 23.8 Å². The Kier molecular flexibility index (Phi) is 6.29. The van der Waals surface area contributed by atoms with E-state index < -0.39 is 23.5 Å². The van der Waals surface area contributed by atoms with E-state index in [0.717, 1.165) is 16.5 Å². The van der Waals surface area contributed by atoms with Crippen molar-refractivity contribution in [2.75, 3.05) is 11.5 Å². The molecule has 0 bridgehead atoms. The van der Waals surface area contributed by atoms with Crippen LogP contribution in [0, 0.1) is 5.82 Å². The summed E-state index contributed by atoms with van der Waals surface area (Å²) < 4.78 is 20.0. The van der Waals surface area contributed by atoms with Crippen LogP contribution in [0.1, 0.15) is 49.4 Å². The summed E-state index contributed by atoms with van der Waals surface area (Å²) >= 11 is 0. The Bertz CT molecular complexity index is 1550. The number of carbonyl (C=O) groups excluding carboxylic acids is 2. The zero-order valence-corrected chi connectivity index (χ0v) is 20.8. The molecule has 1 amide bonds. The summed E-state index contributed by atoms with van der Waals surface area (Å²) in [7, 11) is 0. The van der Waals surface area contributed by atoms with Gasteiger partial charge in [-0.25, -0.2) is 4.39 Å². The number of H-pyrrole nitrogens is 1. The van der Waals surface area contributed by atoms with Gasteiger partial charge in [-0.05, 0) is 60.9 Å². The number of halogens is 1. The number of aliphatic hydroxyl groups is 1. The molecule has 3 aromatic carbocycles. The second-order valence-electron chi connectivity index (χ2n) is 9.28. The van der Waals surface area contributed by atoms with Crippen LogP contribution in [0.5, 0.6) is 5.75 Å². The molecule has 1 aliphatic rings. The van der Waals surface area contributed by atoms with Crippen LogP contribution in [-0.2, 0) is 9.59 Å². The molecule has 4 aromatic rings. The Morgan fingerprint density at radius 1 is 1.08 bits per heavy atom. The standard InChI is InChI=1S/C30H27FN2O4/c1-4-37-25-13-12-18(14-22(25)17(2)3)28(34)26-27(23-16-32-24-11-6-5-10-21(23)24)33(30(36)29(26)35)20-9-7-8-19(31)15-20/h5-17,27,32,34H,4H2,1-3H3/b28-26+. The molecule has 0 saturated carbocycles. The van der Waals surface area contributed by atoms with Gasteiger partial charge in [-0.3, -0.25) is 14.5 Å². The summed E-state index contributed by atoms with van der Waals surface area (Å²) in [6, 6.07) is 17.3. The minimum atomic E-state index is -0.966. The van der Waals surface area contributed by atoms with Crippen LogP contribution in [0.2, 0.25) is 0 Å². The number of hydrogen-bond donors (Lipinski definition) is 2. The number of ketones is 1. The second-order valence-corrected chi connectivity index (χ2v) is 9.28. The third-order valence-electron chi connectivity index (χ3n) is 6.65. The number of nitrogens with one attached hydrogen (secondary N) is 1. The molecule has 7 heteroatoms. The average molecular weight is 499 g/mol. The van der Waals surface area contributed by atoms with Gasteiger partial charge in [0.25, 0.3) is 11.7 Å². The van der Waals surface area contributed by atoms with E-state index in [9.17, 15) is 19.1 Å². The van der Waals surface area contributed by atoms with Crippen molar-refractivity contribution in [3.05, 3.63) is 101 Å². The Morgan fingerprint density at radius 3 is 2.59 bits per heavy atom. The molecule has 2 heterocycles. The number of aliphatic hydroxyl groups excluding tert-OH is 1. The number of nitrogens with zero attached hydrogens (tertiary/aromatic N) is 1. The van der Waals surface area contributed by atoms with Gasteiger partial charge in [0, 0.05) is 33.9 Å². The first-order valence-corrected chi connectivity index (χ1v) is 12.2. The van der Waals surface area contributed by atoms with E-state index in [4.69, 9.17) is 4.74 Å². The Hall–Kier alpha value is -4.39. The fourth-order valence-electron chi connectivity index (χ4n) is 4.93. The highest BCUT2D eigenvalue weighted by molar-refractivity contribution is 6.51. The minimum absolute atomic E-state index is 0.0575. The molecule has 1 saturated heterocycles. The number of aromatic nitrogens is 1. The quantitative estimate of drug-likeness (QED) is 0.182. The van der Waals surface area contributed by atoms with Crippen molar-refractivity contribution in [2.24, 2.45) is 0 Å². The number of rotatable bonds is 6. The van der Waals surface area contributed by atoms with E-state index in [0.29, 0.717) is 23.5 Å². The molecular weight excluding hydrogens is 471 g/mol. The summed E-state index contributed by atoms with van der Waals surface area (Å²) in [6.07, 6.45) is 1.72. The molecule has 6 nitrogen and oxygen atoms in total. The fourth-order valence-corrected chi connectivity index (χ4v) is 4.93. The van der Waals surface area contributed by atoms with Gasteiger partial charge < -0.3 is 14.8 Å². The van der Waals surface area contributed by atoms with E-state index in [2.05, 4.69) is 4.98 Å². The lowest BCUT2D eigenvalue weighted by Gasteiger charge is -2.25. The maximum absolute atomic E-state index is 14.2. The predicted molar refractivity (Wildman–Crippen MR) is 141 cm³/mol. The number of aromatic amines is 1. The molecule has 37 heavy (non-hydrogen) atoms. The molecule has 1 fully saturated rings. The van der Waals surface area contributed by atoms with Crippen molar-refractivity contribution in [3.8, 4) is 5.75 Å². The molecule has 1 unspecified atom stereocenters. The maximum atomic E-state index is 14.2. The number of carbonyl (C=O) groups is 2. The number of amides is 1. The monoisotopic (exact) mass is 498 g/mol. The summed E-state index contributed by atoms with van der Waals surface area (Å²) in [5.41, 5.74) is 2.87. The number of benzene rings is 3. The molecule has 0 radical (unpaired) electrons. The van der Waals surface area contributed by atoms with Gasteiger partial charge in [0.1, 0.15) is 17.3 Å². The lowest BCUT2D eigenvalue weighted by molar-refractivity contribution is -0.132. The fraction of sp³-hybridized carbons (Fsp3) is 0.200. The number of Topliss-reactive ketones (excluding diaryl/α,β-unsaturated/α-hetero) is 1. The van der Waals surface area contributed by atoms with E-state index >= 15 is 0 Å². The van der Waals surface area contributed by atoms with Crippen LogP contribution < -0.4 is 9.64 Å². The van der Waals surface area contributed by atoms with Crippen LogP contribution in [0.4, 0.5) is 10.1 Å². The van der Waals surface area contributed by atoms with Crippen LogP contribution >= 0.6 is 0 Å². The van der Waals surface area contributed by atoms with Crippen LogP contribution in [0.25, 0.3) is 16.7 Å². The Balaban J connectivity index is 1.75. The number of para-hydroxylation sites is 1. The molecule has 2 N–H and O–H groups in total. The SMILES string of the molecule is CCOc1ccc(/C(O)=C2\C(=O)C(=O)N(c3cccc(F)c3)C2c2c[nH]c3ccccc23)cc1C(C)C. The molecular formula is C30H27FN2O4. The Labute approximate surface area is 214 Å². The summed E-state index contributed by atoms with van der Waals surface area (Å²) in [6.45, 7) is 6.41. The maximum Gasteiger partial charge on any atom is 0.300 e. The van der Waals surface area contributed by atoms with Crippen molar-refractivity contribution in [1.29, 1.82) is 0 Å². The van der Waals surface area contributed by atoms with Crippen LogP contribution in [0.3, 0.4) is 0 Å². The highest BCUT2D eigenvalue weighted by Gasteiger charge is 2.47. The summed E-state index contributed by atoms with van der Waals surface area (Å²) in [5, 5.41) is 12.3. The van der Waals surface area contributed by atoms with Crippen molar-refractivity contribution >= 4 is 34.0 Å². The van der Waals surface area contributed by atoms with Gasteiger partial charge in [-0.2, -0.15) is 0 Å². The third kappa shape index (κ3) is 4.16. The first kappa shape index (κ1) is 24.3. The van der Waals surface area contributed by atoms with Crippen LogP contribution in [0.15, 0.2) is 78.5 Å². The predicted octanol–water partition coefficient (Wildman–Crippen LogP) is 6.46.